The number of hydrogen-bond acceptors (Lipinski definition) is 2. The average Bonchev–Trinajstić information content (AvgIpc) is 2.50. The lowest BCUT2D eigenvalue weighted by molar-refractivity contribution is 0.0698. The van der Waals surface area contributed by atoms with Crippen molar-refractivity contribution in [1.29, 1.82) is 0 Å². The molecule has 0 aliphatic heterocycles. The Kier molecular flexibility index (Phi) is 2.91. The number of aliphatic hydroxyl groups is 1. The maximum atomic E-state index is 11.3. The summed E-state index contributed by atoms with van der Waals surface area (Å²) in [6, 6.07) is 3.59. The summed E-state index contributed by atoms with van der Waals surface area (Å²) in [5.74, 6) is -0.943. The van der Waals surface area contributed by atoms with Gasteiger partial charge in [0.2, 0.25) is 0 Å². The number of carboxylic acids is 1. The van der Waals surface area contributed by atoms with Crippen molar-refractivity contribution in [3.63, 3.8) is 0 Å². The molecule has 1 heterocycles. The molecule has 2 aromatic rings. The monoisotopic (exact) mass is 247 g/mol. The highest BCUT2D eigenvalue weighted by Crippen LogP contribution is 2.32. The van der Waals surface area contributed by atoms with Crippen molar-refractivity contribution in [2.75, 3.05) is 0 Å². The van der Waals surface area contributed by atoms with Crippen LogP contribution < -0.4 is 0 Å². The molecule has 0 saturated heterocycles. The molecule has 1 aromatic carbocycles. The molecule has 2 rings (SSSR count). The molecular weight excluding hydrogens is 230 g/mol. The van der Waals surface area contributed by atoms with Gasteiger partial charge in [0.05, 0.1) is 17.2 Å². The molecule has 2 N–H and O–H groups in total. The van der Waals surface area contributed by atoms with E-state index < -0.39 is 12.1 Å². The van der Waals surface area contributed by atoms with Gasteiger partial charge >= 0.3 is 5.97 Å². The van der Waals surface area contributed by atoms with E-state index in [1.54, 1.807) is 13.0 Å². The summed E-state index contributed by atoms with van der Waals surface area (Å²) in [6.07, 6.45) is -0.614. The van der Waals surface area contributed by atoms with Crippen LogP contribution in [0.5, 0.6) is 0 Å². The third kappa shape index (κ3) is 1.69. The van der Waals surface area contributed by atoms with E-state index in [0.29, 0.717) is 5.52 Å². The first-order valence-electron chi connectivity index (χ1n) is 5.85. The Balaban J connectivity index is 3.00. The molecule has 0 aliphatic rings. The normalized spacial score (nSPS) is 12.9. The fourth-order valence-corrected chi connectivity index (χ4v) is 2.58. The topological polar surface area (TPSA) is 62.5 Å². The van der Waals surface area contributed by atoms with E-state index >= 15 is 0 Å². The lowest BCUT2D eigenvalue weighted by atomic mass is 10.0. The molecule has 4 heteroatoms. The van der Waals surface area contributed by atoms with E-state index in [-0.39, 0.29) is 5.56 Å². The van der Waals surface area contributed by atoms with Crippen molar-refractivity contribution in [1.82, 2.24) is 4.57 Å². The van der Waals surface area contributed by atoms with Gasteiger partial charge in [0.25, 0.3) is 0 Å². The quantitative estimate of drug-likeness (QED) is 0.857. The Bertz CT molecular complexity index is 638. The minimum atomic E-state index is -0.943. The summed E-state index contributed by atoms with van der Waals surface area (Å²) in [4.78, 5) is 11.3. The highest BCUT2D eigenvalue weighted by atomic mass is 16.4. The van der Waals surface area contributed by atoms with Gasteiger partial charge in [-0.15, -0.1) is 0 Å². The van der Waals surface area contributed by atoms with Crippen LogP contribution in [0.1, 0.15) is 40.2 Å². The second kappa shape index (κ2) is 4.14. The molecule has 96 valence electrons. The summed E-state index contributed by atoms with van der Waals surface area (Å²) in [6.45, 7) is 5.45. The second-order valence-electron chi connectivity index (χ2n) is 4.75. The van der Waals surface area contributed by atoms with Crippen LogP contribution in [0.25, 0.3) is 10.9 Å². The number of aryl methyl sites for hydroxylation is 2. The number of aliphatic hydroxyl groups excluding tert-OH is 1. The van der Waals surface area contributed by atoms with E-state index in [1.807, 2.05) is 31.5 Å². The Morgan fingerprint density at radius 1 is 1.33 bits per heavy atom. The summed E-state index contributed by atoms with van der Waals surface area (Å²) < 4.78 is 1.83. The number of aromatic nitrogens is 1. The van der Waals surface area contributed by atoms with Crippen LogP contribution in [-0.2, 0) is 7.05 Å². The molecule has 1 atom stereocenters. The zero-order valence-corrected chi connectivity index (χ0v) is 11.0. The minimum Gasteiger partial charge on any atom is -0.478 e. The summed E-state index contributed by atoms with van der Waals surface area (Å²) in [7, 11) is 1.82. The maximum Gasteiger partial charge on any atom is 0.337 e. The van der Waals surface area contributed by atoms with Crippen molar-refractivity contribution in [3.05, 3.63) is 34.5 Å². The Morgan fingerprint density at radius 3 is 2.44 bits per heavy atom. The molecule has 0 spiro atoms. The molecule has 1 aromatic heterocycles. The van der Waals surface area contributed by atoms with Gasteiger partial charge in [-0.25, -0.2) is 4.79 Å². The summed E-state index contributed by atoms with van der Waals surface area (Å²) in [5.41, 5.74) is 3.53. The first kappa shape index (κ1) is 12.6. The molecule has 0 saturated carbocycles. The van der Waals surface area contributed by atoms with E-state index in [4.69, 9.17) is 0 Å². The van der Waals surface area contributed by atoms with Gasteiger partial charge in [-0.1, -0.05) is 0 Å². The van der Waals surface area contributed by atoms with Gasteiger partial charge in [0.15, 0.2) is 0 Å². The minimum absolute atomic E-state index is 0.280. The van der Waals surface area contributed by atoms with Crippen molar-refractivity contribution in [2.24, 2.45) is 7.05 Å². The van der Waals surface area contributed by atoms with Crippen LogP contribution in [0.4, 0.5) is 0 Å². The van der Waals surface area contributed by atoms with Gasteiger partial charge in [-0.2, -0.15) is 0 Å². The molecular formula is C14H17NO3. The number of carbonyl (C=O) groups is 1. The third-order valence-electron chi connectivity index (χ3n) is 3.42. The van der Waals surface area contributed by atoms with Crippen LogP contribution in [0, 0.1) is 13.8 Å². The van der Waals surface area contributed by atoms with Crippen LogP contribution in [0.2, 0.25) is 0 Å². The number of nitrogens with zero attached hydrogens (tertiary/aromatic N) is 1. The molecule has 0 aliphatic carbocycles. The van der Waals surface area contributed by atoms with Gasteiger partial charge in [-0.05, 0) is 38.5 Å². The van der Waals surface area contributed by atoms with E-state index in [0.717, 1.165) is 22.2 Å². The Labute approximate surface area is 105 Å². The highest BCUT2D eigenvalue weighted by molar-refractivity contribution is 6.04. The SMILES string of the molecule is Cc1cc(C(=O)O)c2c(c1)c(C(C)O)c(C)n2C. The van der Waals surface area contributed by atoms with Crippen molar-refractivity contribution in [3.8, 4) is 0 Å². The lowest BCUT2D eigenvalue weighted by Gasteiger charge is -2.05. The molecule has 1 unspecified atom stereocenters. The number of rotatable bonds is 2. The van der Waals surface area contributed by atoms with E-state index in [1.165, 1.54) is 0 Å². The molecule has 0 amide bonds. The lowest BCUT2D eigenvalue weighted by Crippen LogP contribution is -2.02. The fourth-order valence-electron chi connectivity index (χ4n) is 2.58. The molecule has 4 nitrogen and oxygen atoms in total. The fraction of sp³-hybridized carbons (Fsp3) is 0.357. The second-order valence-corrected chi connectivity index (χ2v) is 4.75. The van der Waals surface area contributed by atoms with Crippen LogP contribution in [0.15, 0.2) is 12.1 Å². The zero-order chi connectivity index (χ0) is 13.6. The summed E-state index contributed by atoms with van der Waals surface area (Å²) >= 11 is 0. The maximum absolute atomic E-state index is 11.3. The number of carboxylic acid groups (broad SMARTS) is 1. The summed E-state index contributed by atoms with van der Waals surface area (Å²) in [5, 5.41) is 20.0. The first-order valence-corrected chi connectivity index (χ1v) is 5.85. The van der Waals surface area contributed by atoms with E-state index in [9.17, 15) is 15.0 Å². The van der Waals surface area contributed by atoms with Gasteiger partial charge in [-0.3, -0.25) is 0 Å². The van der Waals surface area contributed by atoms with Gasteiger partial charge in [0, 0.05) is 23.7 Å². The Hall–Kier alpha value is -1.81. The van der Waals surface area contributed by atoms with Gasteiger partial charge in [0.1, 0.15) is 0 Å². The Morgan fingerprint density at radius 2 is 1.94 bits per heavy atom. The molecule has 0 fully saturated rings. The predicted molar refractivity (Wildman–Crippen MR) is 70.0 cm³/mol. The van der Waals surface area contributed by atoms with Crippen molar-refractivity contribution in [2.45, 2.75) is 26.9 Å². The molecule has 0 radical (unpaired) electrons. The van der Waals surface area contributed by atoms with Crippen molar-refractivity contribution >= 4 is 16.9 Å². The molecule has 18 heavy (non-hydrogen) atoms. The number of hydrogen-bond donors (Lipinski definition) is 2. The average molecular weight is 247 g/mol. The largest absolute Gasteiger partial charge is 0.478 e. The smallest absolute Gasteiger partial charge is 0.337 e. The number of benzene rings is 1. The predicted octanol–water partition coefficient (Wildman–Crippen LogP) is 2.55. The zero-order valence-electron chi connectivity index (χ0n) is 11.0. The standard InChI is InChI=1S/C14H17NO3/c1-7-5-10-12(9(3)16)8(2)15(4)13(10)11(6-7)14(17)18/h5-6,9,16H,1-4H3,(H,17,18). The van der Waals surface area contributed by atoms with Gasteiger partial charge < -0.3 is 14.8 Å². The van der Waals surface area contributed by atoms with E-state index in [2.05, 4.69) is 0 Å². The third-order valence-corrected chi connectivity index (χ3v) is 3.42. The first-order chi connectivity index (χ1) is 8.34. The number of aromatic carboxylic acids is 1. The van der Waals surface area contributed by atoms with Crippen molar-refractivity contribution < 1.29 is 15.0 Å². The van der Waals surface area contributed by atoms with Crippen LogP contribution in [0.3, 0.4) is 0 Å². The van der Waals surface area contributed by atoms with Crippen LogP contribution >= 0.6 is 0 Å². The molecule has 0 bridgehead atoms. The number of fused-ring (bicyclic) bond motifs is 1. The van der Waals surface area contributed by atoms with Crippen LogP contribution in [-0.4, -0.2) is 20.7 Å². The highest BCUT2D eigenvalue weighted by Gasteiger charge is 2.20.